The summed E-state index contributed by atoms with van der Waals surface area (Å²) in [6.07, 6.45) is 1.97. The molecule has 1 aromatic carbocycles. The Morgan fingerprint density at radius 1 is 1.27 bits per heavy atom. The van der Waals surface area contributed by atoms with Gasteiger partial charge in [0, 0.05) is 22.4 Å². The molecule has 0 saturated carbocycles. The van der Waals surface area contributed by atoms with Gasteiger partial charge in [0.2, 0.25) is 0 Å². The number of alkyl halides is 1. The Morgan fingerprint density at radius 3 is 3.00 bits per heavy atom. The summed E-state index contributed by atoms with van der Waals surface area (Å²) in [5.74, 6) is 0. The highest BCUT2D eigenvalue weighted by Gasteiger charge is 1.97. The first-order valence-electron chi connectivity index (χ1n) is 3.53. The first kappa shape index (κ1) is 6.92. The predicted octanol–water partition coefficient (Wildman–Crippen LogP) is 3.06. The molecule has 2 rings (SSSR count). The highest BCUT2D eigenvalue weighted by molar-refractivity contribution is 9.08. The van der Waals surface area contributed by atoms with Gasteiger partial charge in [-0.3, -0.25) is 0 Å². The van der Waals surface area contributed by atoms with Crippen molar-refractivity contribution < 1.29 is 0 Å². The van der Waals surface area contributed by atoms with E-state index in [9.17, 15) is 0 Å². The lowest BCUT2D eigenvalue weighted by Gasteiger charge is -1.95. The van der Waals surface area contributed by atoms with Crippen molar-refractivity contribution in [1.29, 1.82) is 0 Å². The first-order valence-corrected chi connectivity index (χ1v) is 4.65. The normalized spacial score (nSPS) is 10.6. The van der Waals surface area contributed by atoms with Crippen LogP contribution in [-0.2, 0) is 5.33 Å². The fourth-order valence-corrected chi connectivity index (χ4v) is 1.76. The van der Waals surface area contributed by atoms with Gasteiger partial charge in [-0.15, -0.1) is 0 Å². The van der Waals surface area contributed by atoms with E-state index in [1.807, 2.05) is 6.20 Å². The number of hydrogen-bond acceptors (Lipinski definition) is 0. The number of rotatable bonds is 1. The van der Waals surface area contributed by atoms with Gasteiger partial charge >= 0.3 is 0 Å². The van der Waals surface area contributed by atoms with Gasteiger partial charge in [0.25, 0.3) is 0 Å². The van der Waals surface area contributed by atoms with Crippen LogP contribution in [0.4, 0.5) is 0 Å². The van der Waals surface area contributed by atoms with Gasteiger partial charge in [-0.2, -0.15) is 0 Å². The summed E-state index contributed by atoms with van der Waals surface area (Å²) >= 11 is 3.45. The summed E-state index contributed by atoms with van der Waals surface area (Å²) < 4.78 is 0. The zero-order valence-corrected chi connectivity index (χ0v) is 7.56. The molecule has 1 N–H and O–H groups in total. The van der Waals surface area contributed by atoms with Crippen LogP contribution >= 0.6 is 15.9 Å². The van der Waals surface area contributed by atoms with Crippen LogP contribution < -0.4 is 0 Å². The molecule has 0 aliphatic carbocycles. The van der Waals surface area contributed by atoms with Gasteiger partial charge in [-0.25, -0.2) is 0 Å². The Morgan fingerprint density at radius 2 is 2.18 bits per heavy atom. The van der Waals surface area contributed by atoms with Gasteiger partial charge < -0.3 is 4.98 Å². The van der Waals surface area contributed by atoms with Gasteiger partial charge in [-0.1, -0.05) is 28.1 Å². The van der Waals surface area contributed by atoms with E-state index in [2.05, 4.69) is 45.2 Å². The second-order valence-electron chi connectivity index (χ2n) is 2.49. The molecule has 0 amide bonds. The van der Waals surface area contributed by atoms with E-state index < -0.39 is 0 Å². The number of hydrogen-bond donors (Lipinski definition) is 1. The van der Waals surface area contributed by atoms with Crippen molar-refractivity contribution in [2.45, 2.75) is 5.33 Å². The number of aromatic amines is 1. The SMILES string of the molecule is BrCc1cccc2[nH]ccc12. The van der Waals surface area contributed by atoms with Crippen molar-refractivity contribution in [1.82, 2.24) is 4.98 Å². The average Bonchev–Trinajstić information content (AvgIpc) is 2.50. The lowest BCUT2D eigenvalue weighted by Crippen LogP contribution is -1.76. The summed E-state index contributed by atoms with van der Waals surface area (Å²) in [6.45, 7) is 0. The molecule has 0 radical (unpaired) electrons. The number of H-pyrrole nitrogens is 1. The molecule has 1 nitrogen and oxygen atoms in total. The Labute approximate surface area is 73.6 Å². The number of aromatic nitrogens is 1. The zero-order chi connectivity index (χ0) is 7.68. The molecule has 1 heterocycles. The Hall–Kier alpha value is -0.760. The summed E-state index contributed by atoms with van der Waals surface area (Å²) in [7, 11) is 0. The molecule has 0 atom stereocenters. The molecular formula is C9H8BrN. The molecule has 0 aliphatic heterocycles. The molecule has 56 valence electrons. The quantitative estimate of drug-likeness (QED) is 0.696. The largest absolute Gasteiger partial charge is 0.361 e. The molecule has 0 aliphatic rings. The van der Waals surface area contributed by atoms with E-state index in [0.717, 1.165) is 5.33 Å². The van der Waals surface area contributed by atoms with Crippen LogP contribution in [0.5, 0.6) is 0 Å². The lowest BCUT2D eigenvalue weighted by molar-refractivity contribution is 1.46. The van der Waals surface area contributed by atoms with E-state index in [-0.39, 0.29) is 0 Å². The van der Waals surface area contributed by atoms with Crippen molar-refractivity contribution in [3.63, 3.8) is 0 Å². The average molecular weight is 210 g/mol. The Balaban J connectivity index is 2.79. The number of halogens is 1. The van der Waals surface area contributed by atoms with E-state index in [4.69, 9.17) is 0 Å². The van der Waals surface area contributed by atoms with E-state index >= 15 is 0 Å². The maximum Gasteiger partial charge on any atom is 0.0456 e. The van der Waals surface area contributed by atoms with Crippen LogP contribution in [0.15, 0.2) is 30.5 Å². The fraction of sp³-hybridized carbons (Fsp3) is 0.111. The highest BCUT2D eigenvalue weighted by Crippen LogP contribution is 2.18. The summed E-state index contributed by atoms with van der Waals surface area (Å²) in [4.78, 5) is 3.17. The van der Waals surface area contributed by atoms with E-state index in [1.54, 1.807) is 0 Å². The van der Waals surface area contributed by atoms with Gasteiger partial charge in [0.05, 0.1) is 0 Å². The third-order valence-corrected chi connectivity index (χ3v) is 2.43. The molecule has 1 aromatic heterocycles. The standard InChI is InChI=1S/C9H8BrN/c10-6-7-2-1-3-9-8(7)4-5-11-9/h1-5,11H,6H2. The number of fused-ring (bicyclic) bond motifs is 1. The summed E-state index contributed by atoms with van der Waals surface area (Å²) in [5, 5.41) is 2.23. The minimum absolute atomic E-state index is 0.919. The van der Waals surface area contributed by atoms with Crippen LogP contribution in [-0.4, -0.2) is 4.98 Å². The highest BCUT2D eigenvalue weighted by atomic mass is 79.9. The smallest absolute Gasteiger partial charge is 0.0456 e. The molecule has 0 saturated heterocycles. The molecule has 0 unspecified atom stereocenters. The third kappa shape index (κ3) is 1.07. The van der Waals surface area contributed by atoms with E-state index in [1.165, 1.54) is 16.5 Å². The molecule has 0 bridgehead atoms. The summed E-state index contributed by atoms with van der Waals surface area (Å²) in [6, 6.07) is 8.38. The van der Waals surface area contributed by atoms with Crippen molar-refractivity contribution in [3.05, 3.63) is 36.0 Å². The Bertz CT molecular complexity index is 364. The van der Waals surface area contributed by atoms with Crippen molar-refractivity contribution in [3.8, 4) is 0 Å². The monoisotopic (exact) mass is 209 g/mol. The zero-order valence-electron chi connectivity index (χ0n) is 5.97. The summed E-state index contributed by atoms with van der Waals surface area (Å²) in [5.41, 5.74) is 2.55. The van der Waals surface area contributed by atoms with Crippen LogP contribution in [0.25, 0.3) is 10.9 Å². The molecular weight excluding hydrogens is 202 g/mol. The third-order valence-electron chi connectivity index (χ3n) is 1.83. The van der Waals surface area contributed by atoms with Crippen molar-refractivity contribution >= 4 is 26.8 Å². The van der Waals surface area contributed by atoms with E-state index in [0.29, 0.717) is 0 Å². The number of nitrogens with one attached hydrogen (secondary N) is 1. The minimum Gasteiger partial charge on any atom is -0.361 e. The predicted molar refractivity (Wildman–Crippen MR) is 50.9 cm³/mol. The molecule has 11 heavy (non-hydrogen) atoms. The van der Waals surface area contributed by atoms with Gasteiger partial charge in [0.1, 0.15) is 0 Å². The lowest BCUT2D eigenvalue weighted by atomic mass is 10.1. The first-order chi connectivity index (χ1) is 5.42. The van der Waals surface area contributed by atoms with Gasteiger partial charge in [0.15, 0.2) is 0 Å². The molecule has 0 fully saturated rings. The second kappa shape index (κ2) is 2.70. The number of benzene rings is 1. The van der Waals surface area contributed by atoms with Crippen LogP contribution in [0.1, 0.15) is 5.56 Å². The van der Waals surface area contributed by atoms with Crippen LogP contribution in [0.3, 0.4) is 0 Å². The Kier molecular flexibility index (Phi) is 1.70. The topological polar surface area (TPSA) is 15.8 Å². The van der Waals surface area contributed by atoms with Crippen molar-refractivity contribution in [2.75, 3.05) is 0 Å². The maximum absolute atomic E-state index is 3.45. The molecule has 2 aromatic rings. The fourth-order valence-electron chi connectivity index (χ4n) is 1.27. The van der Waals surface area contributed by atoms with Crippen molar-refractivity contribution in [2.24, 2.45) is 0 Å². The molecule has 0 spiro atoms. The second-order valence-corrected chi connectivity index (χ2v) is 3.05. The van der Waals surface area contributed by atoms with Crippen LogP contribution in [0.2, 0.25) is 0 Å². The maximum atomic E-state index is 3.45. The van der Waals surface area contributed by atoms with Gasteiger partial charge in [-0.05, 0) is 17.7 Å². The minimum atomic E-state index is 0.919. The van der Waals surface area contributed by atoms with Crippen LogP contribution in [0, 0.1) is 0 Å². The molecule has 2 heteroatoms.